The van der Waals surface area contributed by atoms with Gasteiger partial charge in [-0.25, -0.2) is 0 Å². The molecule has 1 aromatic carbocycles. The summed E-state index contributed by atoms with van der Waals surface area (Å²) in [5, 5.41) is 8.88. The molecule has 1 atom stereocenters. The molecule has 2 heterocycles. The monoisotopic (exact) mass is 301 g/mol. The standard InChI is InChI=1S/C15H15N3O4/c1-8-4-5-11-10(6-8)16-13(19)15(3,21-11)14(20)17-12-7-9(2)22-18-12/h4-7H,1-3H3,(H,16,19)(H,17,18,20)/t15-/m1/s1. The molecule has 22 heavy (non-hydrogen) atoms. The van der Waals surface area contributed by atoms with Crippen LogP contribution in [0.3, 0.4) is 0 Å². The number of ether oxygens (including phenoxy) is 1. The average Bonchev–Trinajstić information content (AvgIpc) is 2.86. The van der Waals surface area contributed by atoms with Gasteiger partial charge < -0.3 is 19.9 Å². The molecule has 2 N–H and O–H groups in total. The van der Waals surface area contributed by atoms with E-state index >= 15 is 0 Å². The van der Waals surface area contributed by atoms with Crippen molar-refractivity contribution in [2.45, 2.75) is 26.4 Å². The molecule has 3 rings (SSSR count). The largest absolute Gasteiger partial charge is 0.466 e. The summed E-state index contributed by atoms with van der Waals surface area (Å²) in [6, 6.07) is 6.90. The first kappa shape index (κ1) is 14.1. The van der Waals surface area contributed by atoms with E-state index in [4.69, 9.17) is 9.26 Å². The molecule has 2 aromatic rings. The number of carbonyl (C=O) groups excluding carboxylic acids is 2. The molecule has 0 saturated heterocycles. The maximum absolute atomic E-state index is 12.4. The number of hydrogen-bond donors (Lipinski definition) is 2. The highest BCUT2D eigenvalue weighted by molar-refractivity contribution is 6.18. The molecule has 2 amide bonds. The third-order valence-corrected chi connectivity index (χ3v) is 3.43. The summed E-state index contributed by atoms with van der Waals surface area (Å²) in [5.74, 6) is 0.0668. The Kier molecular flexibility index (Phi) is 3.13. The van der Waals surface area contributed by atoms with Crippen LogP contribution >= 0.6 is 0 Å². The number of aromatic nitrogens is 1. The normalized spacial score (nSPS) is 19.9. The van der Waals surface area contributed by atoms with Gasteiger partial charge in [0.25, 0.3) is 17.4 Å². The lowest BCUT2D eigenvalue weighted by molar-refractivity contribution is -0.143. The van der Waals surface area contributed by atoms with E-state index in [1.54, 1.807) is 25.1 Å². The number of rotatable bonds is 2. The van der Waals surface area contributed by atoms with E-state index in [0.717, 1.165) is 5.56 Å². The highest BCUT2D eigenvalue weighted by Crippen LogP contribution is 2.34. The molecule has 1 aromatic heterocycles. The number of hydrogen-bond acceptors (Lipinski definition) is 5. The quantitative estimate of drug-likeness (QED) is 0.828. The van der Waals surface area contributed by atoms with Crippen molar-refractivity contribution in [3.63, 3.8) is 0 Å². The average molecular weight is 301 g/mol. The van der Waals surface area contributed by atoms with E-state index in [0.29, 0.717) is 17.2 Å². The SMILES string of the molecule is Cc1ccc2c(c1)NC(=O)[C@](C)(C(=O)Nc1cc(C)on1)O2. The number of amides is 2. The van der Waals surface area contributed by atoms with Gasteiger partial charge in [-0.15, -0.1) is 0 Å². The fourth-order valence-corrected chi connectivity index (χ4v) is 2.15. The van der Waals surface area contributed by atoms with E-state index < -0.39 is 17.4 Å². The molecule has 0 unspecified atom stereocenters. The lowest BCUT2D eigenvalue weighted by Crippen LogP contribution is -2.56. The molecule has 114 valence electrons. The topological polar surface area (TPSA) is 93.5 Å². The lowest BCUT2D eigenvalue weighted by Gasteiger charge is -2.33. The minimum absolute atomic E-state index is 0.231. The van der Waals surface area contributed by atoms with Crippen LogP contribution in [0.15, 0.2) is 28.8 Å². The maximum Gasteiger partial charge on any atom is 0.279 e. The molecule has 0 spiro atoms. The van der Waals surface area contributed by atoms with Gasteiger partial charge in [0.05, 0.1) is 5.69 Å². The van der Waals surface area contributed by atoms with Crippen molar-refractivity contribution in [3.05, 3.63) is 35.6 Å². The number of anilines is 2. The summed E-state index contributed by atoms with van der Waals surface area (Å²) in [6.45, 7) is 5.01. The summed E-state index contributed by atoms with van der Waals surface area (Å²) in [7, 11) is 0. The van der Waals surface area contributed by atoms with Gasteiger partial charge in [0.2, 0.25) is 0 Å². The summed E-state index contributed by atoms with van der Waals surface area (Å²) in [6.07, 6.45) is 0. The Morgan fingerprint density at radius 3 is 2.77 bits per heavy atom. The van der Waals surface area contributed by atoms with Crippen LogP contribution in [0, 0.1) is 13.8 Å². The van der Waals surface area contributed by atoms with Crippen molar-refractivity contribution in [3.8, 4) is 5.75 Å². The van der Waals surface area contributed by atoms with E-state index in [-0.39, 0.29) is 5.82 Å². The van der Waals surface area contributed by atoms with Crippen LogP contribution in [0.1, 0.15) is 18.2 Å². The Hall–Kier alpha value is -2.83. The van der Waals surface area contributed by atoms with Crippen molar-refractivity contribution in [2.75, 3.05) is 10.6 Å². The number of nitrogens with zero attached hydrogens (tertiary/aromatic N) is 1. The van der Waals surface area contributed by atoms with Crippen molar-refractivity contribution in [1.29, 1.82) is 0 Å². The minimum Gasteiger partial charge on any atom is -0.466 e. The molecule has 0 radical (unpaired) electrons. The van der Waals surface area contributed by atoms with Crippen LogP contribution in [0.5, 0.6) is 5.75 Å². The minimum atomic E-state index is -1.69. The van der Waals surface area contributed by atoms with Crippen molar-refractivity contribution < 1.29 is 18.8 Å². The zero-order valence-corrected chi connectivity index (χ0v) is 12.4. The third kappa shape index (κ3) is 2.30. The third-order valence-electron chi connectivity index (χ3n) is 3.43. The van der Waals surface area contributed by atoms with Crippen LogP contribution in [-0.4, -0.2) is 22.6 Å². The van der Waals surface area contributed by atoms with Crippen LogP contribution in [0.25, 0.3) is 0 Å². The number of nitrogens with one attached hydrogen (secondary N) is 2. The van der Waals surface area contributed by atoms with Gasteiger partial charge >= 0.3 is 0 Å². The molecular formula is C15H15N3O4. The van der Waals surface area contributed by atoms with Gasteiger partial charge in [0.1, 0.15) is 11.5 Å². The predicted molar refractivity (Wildman–Crippen MR) is 78.7 cm³/mol. The van der Waals surface area contributed by atoms with E-state index in [2.05, 4.69) is 15.8 Å². The summed E-state index contributed by atoms with van der Waals surface area (Å²) in [5.41, 5.74) is -0.156. The summed E-state index contributed by atoms with van der Waals surface area (Å²) < 4.78 is 10.5. The Morgan fingerprint density at radius 1 is 1.32 bits per heavy atom. The van der Waals surface area contributed by atoms with Gasteiger partial charge in [0.15, 0.2) is 5.82 Å². The van der Waals surface area contributed by atoms with Crippen molar-refractivity contribution in [1.82, 2.24) is 5.16 Å². The second-order valence-corrected chi connectivity index (χ2v) is 5.37. The first-order chi connectivity index (χ1) is 10.4. The number of aryl methyl sites for hydroxylation is 2. The Morgan fingerprint density at radius 2 is 2.09 bits per heavy atom. The predicted octanol–water partition coefficient (Wildman–Crippen LogP) is 2.02. The van der Waals surface area contributed by atoms with E-state index in [1.807, 2.05) is 13.0 Å². The van der Waals surface area contributed by atoms with Crippen molar-refractivity contribution in [2.24, 2.45) is 0 Å². The zero-order valence-electron chi connectivity index (χ0n) is 12.4. The Bertz CT molecular complexity index is 768. The van der Waals surface area contributed by atoms with Gasteiger partial charge in [-0.1, -0.05) is 11.2 Å². The summed E-state index contributed by atoms with van der Waals surface area (Å²) in [4.78, 5) is 24.7. The highest BCUT2D eigenvalue weighted by atomic mass is 16.5. The van der Waals surface area contributed by atoms with Crippen LogP contribution in [0.2, 0.25) is 0 Å². The number of benzene rings is 1. The fraction of sp³-hybridized carbons (Fsp3) is 0.267. The summed E-state index contributed by atoms with van der Waals surface area (Å²) >= 11 is 0. The molecule has 1 aliphatic heterocycles. The Balaban J connectivity index is 1.87. The molecule has 0 fully saturated rings. The zero-order chi connectivity index (χ0) is 15.9. The van der Waals surface area contributed by atoms with Gasteiger partial charge in [-0.3, -0.25) is 9.59 Å². The smallest absolute Gasteiger partial charge is 0.279 e. The number of fused-ring (bicyclic) bond motifs is 1. The van der Waals surface area contributed by atoms with Crippen LogP contribution in [-0.2, 0) is 9.59 Å². The van der Waals surface area contributed by atoms with Crippen molar-refractivity contribution >= 4 is 23.3 Å². The molecule has 1 aliphatic rings. The molecule has 7 nitrogen and oxygen atoms in total. The molecule has 0 aliphatic carbocycles. The number of carbonyl (C=O) groups is 2. The second kappa shape index (κ2) is 4.87. The second-order valence-electron chi connectivity index (χ2n) is 5.37. The Labute approximate surface area is 126 Å². The highest BCUT2D eigenvalue weighted by Gasteiger charge is 2.47. The van der Waals surface area contributed by atoms with Gasteiger partial charge in [-0.05, 0) is 38.5 Å². The first-order valence-electron chi connectivity index (χ1n) is 6.74. The van der Waals surface area contributed by atoms with Gasteiger partial charge in [-0.2, -0.15) is 0 Å². The molecule has 7 heteroatoms. The van der Waals surface area contributed by atoms with E-state index in [9.17, 15) is 9.59 Å². The van der Waals surface area contributed by atoms with Crippen LogP contribution < -0.4 is 15.4 Å². The maximum atomic E-state index is 12.4. The lowest BCUT2D eigenvalue weighted by atomic mass is 10.0. The first-order valence-corrected chi connectivity index (χ1v) is 6.74. The van der Waals surface area contributed by atoms with Gasteiger partial charge in [0, 0.05) is 6.07 Å². The molecule has 0 bridgehead atoms. The molecular weight excluding hydrogens is 286 g/mol. The van der Waals surface area contributed by atoms with Crippen LogP contribution in [0.4, 0.5) is 11.5 Å². The molecule has 0 saturated carbocycles. The fourth-order valence-electron chi connectivity index (χ4n) is 2.15. The van der Waals surface area contributed by atoms with E-state index in [1.165, 1.54) is 6.92 Å².